The predicted molar refractivity (Wildman–Crippen MR) is 113 cm³/mol. The van der Waals surface area contributed by atoms with Crippen molar-refractivity contribution in [2.75, 3.05) is 11.1 Å². The van der Waals surface area contributed by atoms with Gasteiger partial charge < -0.3 is 21.4 Å². The standard InChI is InChI=1S/C20H20N6O3S/c1-12-24-25-20(26(12)10-13-5-3-2-4-6-13)30-11-17(27)23-16-8-14(18(21)28)7-15(9-16)19(22)29/h2-9H,10-11H2,1H3,(H2,21,28)(H2,22,29)(H,23,27). The predicted octanol–water partition coefficient (Wildman–Crippen LogP) is 1.56. The number of hydrogen-bond acceptors (Lipinski definition) is 6. The smallest absolute Gasteiger partial charge is 0.248 e. The van der Waals surface area contributed by atoms with Gasteiger partial charge >= 0.3 is 0 Å². The molecule has 0 fully saturated rings. The van der Waals surface area contributed by atoms with Gasteiger partial charge in [0.2, 0.25) is 17.7 Å². The molecule has 2 aromatic carbocycles. The van der Waals surface area contributed by atoms with E-state index in [2.05, 4.69) is 15.5 Å². The van der Waals surface area contributed by atoms with Crippen LogP contribution in [0.5, 0.6) is 0 Å². The molecule has 10 heteroatoms. The van der Waals surface area contributed by atoms with Crippen LogP contribution < -0.4 is 16.8 Å². The number of carbonyl (C=O) groups excluding carboxylic acids is 3. The van der Waals surface area contributed by atoms with Crippen molar-refractivity contribution in [3.63, 3.8) is 0 Å². The third kappa shape index (κ3) is 5.23. The zero-order valence-corrected chi connectivity index (χ0v) is 17.0. The van der Waals surface area contributed by atoms with Gasteiger partial charge in [-0.3, -0.25) is 14.4 Å². The van der Waals surface area contributed by atoms with E-state index in [0.29, 0.717) is 11.7 Å². The Morgan fingerprint density at radius 2 is 1.63 bits per heavy atom. The number of anilines is 1. The molecular formula is C20H20N6O3S. The van der Waals surface area contributed by atoms with Crippen LogP contribution >= 0.6 is 11.8 Å². The second-order valence-corrected chi connectivity index (χ2v) is 7.41. The van der Waals surface area contributed by atoms with E-state index in [-0.39, 0.29) is 28.5 Å². The van der Waals surface area contributed by atoms with Crippen molar-refractivity contribution in [1.82, 2.24) is 14.8 Å². The van der Waals surface area contributed by atoms with Crippen LogP contribution in [0.15, 0.2) is 53.7 Å². The summed E-state index contributed by atoms with van der Waals surface area (Å²) >= 11 is 1.23. The fourth-order valence-corrected chi connectivity index (χ4v) is 3.51. The number of nitrogens with zero attached hydrogens (tertiary/aromatic N) is 3. The summed E-state index contributed by atoms with van der Waals surface area (Å²) < 4.78 is 1.92. The highest BCUT2D eigenvalue weighted by molar-refractivity contribution is 7.99. The molecule has 0 atom stereocenters. The number of nitrogens with two attached hydrogens (primary N) is 2. The number of aryl methyl sites for hydroxylation is 1. The van der Waals surface area contributed by atoms with Gasteiger partial charge in [0.05, 0.1) is 12.3 Å². The number of primary amides is 2. The highest BCUT2D eigenvalue weighted by atomic mass is 32.2. The van der Waals surface area contributed by atoms with E-state index >= 15 is 0 Å². The molecule has 3 aromatic rings. The number of nitrogens with one attached hydrogen (secondary N) is 1. The van der Waals surface area contributed by atoms with Gasteiger partial charge in [-0.15, -0.1) is 10.2 Å². The molecule has 0 spiro atoms. The molecule has 0 bridgehead atoms. The van der Waals surface area contributed by atoms with E-state index in [1.54, 1.807) is 0 Å². The van der Waals surface area contributed by atoms with Crippen LogP contribution in [0.25, 0.3) is 0 Å². The Morgan fingerprint density at radius 1 is 1.00 bits per heavy atom. The second kappa shape index (κ2) is 9.23. The lowest BCUT2D eigenvalue weighted by molar-refractivity contribution is -0.113. The second-order valence-electron chi connectivity index (χ2n) is 6.47. The van der Waals surface area contributed by atoms with Crippen molar-refractivity contribution in [1.29, 1.82) is 0 Å². The van der Waals surface area contributed by atoms with Gasteiger partial charge in [0.1, 0.15) is 5.82 Å². The molecule has 0 aliphatic heterocycles. The highest BCUT2D eigenvalue weighted by Crippen LogP contribution is 2.20. The first-order valence-corrected chi connectivity index (χ1v) is 9.93. The highest BCUT2D eigenvalue weighted by Gasteiger charge is 2.14. The van der Waals surface area contributed by atoms with Gasteiger partial charge in [-0.2, -0.15) is 0 Å². The fourth-order valence-electron chi connectivity index (χ4n) is 2.73. The molecular weight excluding hydrogens is 404 g/mol. The molecule has 1 heterocycles. The Kier molecular flexibility index (Phi) is 6.48. The minimum absolute atomic E-state index is 0.0552. The van der Waals surface area contributed by atoms with Crippen molar-refractivity contribution >= 4 is 35.2 Å². The molecule has 5 N–H and O–H groups in total. The Hall–Kier alpha value is -3.66. The van der Waals surface area contributed by atoms with Gasteiger partial charge in [0.15, 0.2) is 5.16 Å². The van der Waals surface area contributed by atoms with Crippen LogP contribution in [-0.4, -0.2) is 38.2 Å². The largest absolute Gasteiger partial charge is 0.366 e. The molecule has 3 amide bonds. The van der Waals surface area contributed by atoms with E-state index in [1.165, 1.54) is 30.0 Å². The Balaban J connectivity index is 1.69. The number of amides is 3. The summed E-state index contributed by atoms with van der Waals surface area (Å²) in [7, 11) is 0. The fraction of sp³-hybridized carbons (Fsp3) is 0.150. The van der Waals surface area contributed by atoms with Crippen LogP contribution in [-0.2, 0) is 11.3 Å². The molecule has 1 aromatic heterocycles. The van der Waals surface area contributed by atoms with Crippen LogP contribution in [0.3, 0.4) is 0 Å². The maximum absolute atomic E-state index is 12.4. The lowest BCUT2D eigenvalue weighted by Crippen LogP contribution is -2.19. The number of hydrogen-bond donors (Lipinski definition) is 3. The van der Waals surface area contributed by atoms with Crippen molar-refractivity contribution in [3.8, 4) is 0 Å². The number of carbonyl (C=O) groups is 3. The third-order valence-electron chi connectivity index (χ3n) is 4.20. The van der Waals surface area contributed by atoms with Crippen molar-refractivity contribution < 1.29 is 14.4 Å². The van der Waals surface area contributed by atoms with E-state index in [4.69, 9.17) is 11.5 Å². The summed E-state index contributed by atoms with van der Waals surface area (Å²) in [6.07, 6.45) is 0. The normalized spacial score (nSPS) is 10.6. The Bertz CT molecular complexity index is 1060. The average Bonchev–Trinajstić information content (AvgIpc) is 3.06. The number of benzene rings is 2. The molecule has 0 radical (unpaired) electrons. The molecule has 3 rings (SSSR count). The van der Waals surface area contributed by atoms with Crippen LogP contribution in [0.2, 0.25) is 0 Å². The molecule has 0 saturated heterocycles. The van der Waals surface area contributed by atoms with Crippen LogP contribution in [0.1, 0.15) is 32.1 Å². The molecule has 0 unspecified atom stereocenters. The Labute approximate surface area is 176 Å². The Morgan fingerprint density at radius 3 is 2.23 bits per heavy atom. The van der Waals surface area contributed by atoms with Crippen molar-refractivity contribution in [3.05, 3.63) is 71.0 Å². The van der Waals surface area contributed by atoms with Gasteiger partial charge in [0.25, 0.3) is 0 Å². The van der Waals surface area contributed by atoms with Crippen LogP contribution in [0, 0.1) is 6.92 Å². The summed E-state index contributed by atoms with van der Waals surface area (Å²) in [5.41, 5.74) is 12.0. The van der Waals surface area contributed by atoms with Gasteiger partial charge in [-0.1, -0.05) is 42.1 Å². The average molecular weight is 424 g/mol. The molecule has 0 aliphatic rings. The summed E-state index contributed by atoms with van der Waals surface area (Å²) in [6, 6.07) is 13.9. The summed E-state index contributed by atoms with van der Waals surface area (Å²) in [5, 5.41) is 11.5. The van der Waals surface area contributed by atoms with Gasteiger partial charge in [-0.25, -0.2) is 0 Å². The van der Waals surface area contributed by atoms with Crippen LogP contribution in [0.4, 0.5) is 5.69 Å². The molecule has 0 aliphatic carbocycles. The van der Waals surface area contributed by atoms with Gasteiger partial charge in [0, 0.05) is 16.8 Å². The van der Waals surface area contributed by atoms with E-state index in [1.807, 2.05) is 41.8 Å². The minimum atomic E-state index is -0.729. The zero-order valence-electron chi connectivity index (χ0n) is 16.2. The lowest BCUT2D eigenvalue weighted by Gasteiger charge is -2.10. The number of aromatic nitrogens is 3. The monoisotopic (exact) mass is 424 g/mol. The topological polar surface area (TPSA) is 146 Å². The number of thioether (sulfide) groups is 1. The first kappa shape index (κ1) is 21.1. The van der Waals surface area contributed by atoms with Crippen molar-refractivity contribution in [2.24, 2.45) is 11.5 Å². The van der Waals surface area contributed by atoms with Gasteiger partial charge in [-0.05, 0) is 30.7 Å². The van der Waals surface area contributed by atoms with E-state index in [9.17, 15) is 14.4 Å². The number of rotatable bonds is 8. The molecule has 154 valence electrons. The quantitative estimate of drug-likeness (QED) is 0.468. The van der Waals surface area contributed by atoms with E-state index in [0.717, 1.165) is 11.4 Å². The first-order chi connectivity index (χ1) is 14.3. The maximum Gasteiger partial charge on any atom is 0.248 e. The summed E-state index contributed by atoms with van der Waals surface area (Å²) in [4.78, 5) is 35.3. The molecule has 30 heavy (non-hydrogen) atoms. The summed E-state index contributed by atoms with van der Waals surface area (Å²) in [5.74, 6) is -1.01. The zero-order chi connectivity index (χ0) is 21.7. The van der Waals surface area contributed by atoms with E-state index < -0.39 is 11.8 Å². The third-order valence-corrected chi connectivity index (χ3v) is 5.17. The molecule has 9 nitrogen and oxygen atoms in total. The van der Waals surface area contributed by atoms with Crippen molar-refractivity contribution in [2.45, 2.75) is 18.6 Å². The lowest BCUT2D eigenvalue weighted by atomic mass is 10.1. The SMILES string of the molecule is Cc1nnc(SCC(=O)Nc2cc(C(N)=O)cc(C(N)=O)c2)n1Cc1ccccc1. The minimum Gasteiger partial charge on any atom is -0.366 e. The molecule has 0 saturated carbocycles. The summed E-state index contributed by atoms with van der Waals surface area (Å²) in [6.45, 7) is 2.44. The maximum atomic E-state index is 12.4. The first-order valence-electron chi connectivity index (χ1n) is 8.94.